The highest BCUT2D eigenvalue weighted by Gasteiger charge is 2.09. The highest BCUT2D eigenvalue weighted by molar-refractivity contribution is 7.22. The molecule has 0 spiro atoms. The predicted octanol–water partition coefficient (Wildman–Crippen LogP) is 2.78. The average molecular weight is 220 g/mol. The second-order valence-electron chi connectivity index (χ2n) is 3.47. The van der Waals surface area contributed by atoms with E-state index in [1.54, 1.807) is 0 Å². The molecule has 2 rings (SSSR count). The number of nitrogen functional groups attached to an aromatic ring is 1. The molecule has 1 aromatic heterocycles. The SMILES string of the molecule is CCC(=O)c1cc(C)c2nc(N)sc2c1. The van der Waals surface area contributed by atoms with Crippen molar-refractivity contribution in [1.29, 1.82) is 0 Å². The van der Waals surface area contributed by atoms with Crippen molar-refractivity contribution in [1.82, 2.24) is 4.98 Å². The smallest absolute Gasteiger partial charge is 0.181 e. The number of nitrogens with two attached hydrogens (primary N) is 1. The molecule has 0 amide bonds. The third-order valence-electron chi connectivity index (χ3n) is 2.35. The Balaban J connectivity index is 2.66. The Morgan fingerprint density at radius 1 is 1.53 bits per heavy atom. The van der Waals surface area contributed by atoms with Crippen molar-refractivity contribution >= 4 is 32.5 Å². The molecular formula is C11H12N2OS. The Hall–Kier alpha value is -1.42. The van der Waals surface area contributed by atoms with E-state index in [0.29, 0.717) is 11.6 Å². The minimum Gasteiger partial charge on any atom is -0.375 e. The molecule has 0 fully saturated rings. The molecule has 15 heavy (non-hydrogen) atoms. The number of nitrogens with zero attached hydrogens (tertiary/aromatic N) is 1. The van der Waals surface area contributed by atoms with Gasteiger partial charge in [0.2, 0.25) is 0 Å². The second-order valence-corrected chi connectivity index (χ2v) is 4.53. The van der Waals surface area contributed by atoms with Gasteiger partial charge in [-0.15, -0.1) is 0 Å². The molecule has 78 valence electrons. The van der Waals surface area contributed by atoms with Crippen LogP contribution in [-0.4, -0.2) is 10.8 Å². The van der Waals surface area contributed by atoms with Gasteiger partial charge in [-0.1, -0.05) is 18.3 Å². The number of carbonyl (C=O) groups is 1. The first-order valence-corrected chi connectivity index (χ1v) is 5.63. The topological polar surface area (TPSA) is 56.0 Å². The zero-order valence-corrected chi connectivity index (χ0v) is 9.52. The summed E-state index contributed by atoms with van der Waals surface area (Å²) in [4.78, 5) is 15.8. The Morgan fingerprint density at radius 2 is 2.27 bits per heavy atom. The fraction of sp³-hybridized carbons (Fsp3) is 0.273. The van der Waals surface area contributed by atoms with Crippen LogP contribution in [0.25, 0.3) is 10.2 Å². The van der Waals surface area contributed by atoms with Gasteiger partial charge in [0.05, 0.1) is 10.2 Å². The number of Topliss-reactive ketones (excluding diaryl/α,β-unsaturated/α-hetero) is 1. The number of aromatic nitrogens is 1. The lowest BCUT2D eigenvalue weighted by Crippen LogP contribution is -1.96. The van der Waals surface area contributed by atoms with Crippen LogP contribution >= 0.6 is 11.3 Å². The Kier molecular flexibility index (Phi) is 2.44. The van der Waals surface area contributed by atoms with Gasteiger partial charge in [0, 0.05) is 12.0 Å². The first kappa shape index (κ1) is 10.1. The highest BCUT2D eigenvalue weighted by atomic mass is 32.1. The van der Waals surface area contributed by atoms with Crippen molar-refractivity contribution in [2.75, 3.05) is 5.73 Å². The van der Waals surface area contributed by atoms with Gasteiger partial charge < -0.3 is 5.73 Å². The van der Waals surface area contributed by atoms with Crippen molar-refractivity contribution in [3.8, 4) is 0 Å². The van der Waals surface area contributed by atoms with Gasteiger partial charge in [-0.2, -0.15) is 0 Å². The maximum Gasteiger partial charge on any atom is 0.181 e. The van der Waals surface area contributed by atoms with Crippen LogP contribution in [0.1, 0.15) is 29.3 Å². The van der Waals surface area contributed by atoms with Crippen LogP contribution in [0.3, 0.4) is 0 Å². The lowest BCUT2D eigenvalue weighted by molar-refractivity contribution is 0.0988. The van der Waals surface area contributed by atoms with Crippen LogP contribution in [-0.2, 0) is 0 Å². The van der Waals surface area contributed by atoms with Gasteiger partial charge in [0.25, 0.3) is 0 Å². The highest BCUT2D eigenvalue weighted by Crippen LogP contribution is 2.27. The summed E-state index contributed by atoms with van der Waals surface area (Å²) in [7, 11) is 0. The zero-order chi connectivity index (χ0) is 11.0. The second kappa shape index (κ2) is 3.62. The Morgan fingerprint density at radius 3 is 2.93 bits per heavy atom. The molecule has 0 saturated carbocycles. The van der Waals surface area contributed by atoms with Crippen molar-refractivity contribution < 1.29 is 4.79 Å². The number of anilines is 1. The standard InChI is InChI=1S/C11H12N2OS/c1-3-8(14)7-4-6(2)10-9(5-7)15-11(12)13-10/h4-5H,3H2,1-2H3,(H2,12,13). The third kappa shape index (κ3) is 1.72. The number of fused-ring (bicyclic) bond motifs is 1. The summed E-state index contributed by atoms with van der Waals surface area (Å²) in [5.41, 5.74) is 8.32. The van der Waals surface area contributed by atoms with Gasteiger partial charge >= 0.3 is 0 Å². The summed E-state index contributed by atoms with van der Waals surface area (Å²) < 4.78 is 0.990. The quantitative estimate of drug-likeness (QED) is 0.792. The van der Waals surface area contributed by atoms with Crippen molar-refractivity contribution in [2.45, 2.75) is 20.3 Å². The zero-order valence-electron chi connectivity index (χ0n) is 8.70. The van der Waals surface area contributed by atoms with E-state index in [0.717, 1.165) is 21.3 Å². The van der Waals surface area contributed by atoms with Crippen molar-refractivity contribution in [3.05, 3.63) is 23.3 Å². The van der Waals surface area contributed by atoms with Crippen LogP contribution in [0.2, 0.25) is 0 Å². The number of ketones is 1. The fourth-order valence-corrected chi connectivity index (χ4v) is 2.43. The molecule has 0 aliphatic carbocycles. The number of carbonyl (C=O) groups excluding carboxylic acids is 1. The summed E-state index contributed by atoms with van der Waals surface area (Å²) in [6.45, 7) is 3.82. The molecule has 1 aromatic carbocycles. The summed E-state index contributed by atoms with van der Waals surface area (Å²) in [5, 5.41) is 0.550. The van der Waals surface area contributed by atoms with Crippen molar-refractivity contribution in [3.63, 3.8) is 0 Å². The van der Waals surface area contributed by atoms with E-state index in [1.165, 1.54) is 11.3 Å². The number of aryl methyl sites for hydroxylation is 1. The number of hydrogen-bond donors (Lipinski definition) is 1. The number of benzene rings is 1. The third-order valence-corrected chi connectivity index (χ3v) is 3.18. The van der Waals surface area contributed by atoms with Gasteiger partial charge in [-0.25, -0.2) is 4.98 Å². The molecule has 0 aliphatic rings. The average Bonchev–Trinajstić information content (AvgIpc) is 2.58. The van der Waals surface area contributed by atoms with Gasteiger partial charge in [-0.3, -0.25) is 4.79 Å². The van der Waals surface area contributed by atoms with Crippen LogP contribution in [0.15, 0.2) is 12.1 Å². The molecule has 2 N–H and O–H groups in total. The van der Waals surface area contributed by atoms with Crippen LogP contribution in [0.5, 0.6) is 0 Å². The molecular weight excluding hydrogens is 208 g/mol. The fourth-order valence-electron chi connectivity index (χ4n) is 1.58. The number of rotatable bonds is 2. The number of hydrogen-bond acceptors (Lipinski definition) is 4. The van der Waals surface area contributed by atoms with E-state index in [2.05, 4.69) is 4.98 Å². The Bertz CT molecular complexity index is 531. The first-order valence-electron chi connectivity index (χ1n) is 4.81. The van der Waals surface area contributed by atoms with Gasteiger partial charge in [0.15, 0.2) is 10.9 Å². The minimum absolute atomic E-state index is 0.159. The van der Waals surface area contributed by atoms with Crippen LogP contribution in [0, 0.1) is 6.92 Å². The molecule has 0 atom stereocenters. The van der Waals surface area contributed by atoms with Gasteiger partial charge in [0.1, 0.15) is 0 Å². The molecule has 3 nitrogen and oxygen atoms in total. The molecule has 0 bridgehead atoms. The van der Waals surface area contributed by atoms with Gasteiger partial charge in [-0.05, 0) is 24.6 Å². The molecule has 0 unspecified atom stereocenters. The van der Waals surface area contributed by atoms with Crippen LogP contribution in [0.4, 0.5) is 5.13 Å². The molecule has 0 saturated heterocycles. The van der Waals surface area contributed by atoms with E-state index < -0.39 is 0 Å². The predicted molar refractivity (Wildman–Crippen MR) is 63.4 cm³/mol. The maximum absolute atomic E-state index is 11.6. The Labute approximate surface area is 91.9 Å². The lowest BCUT2D eigenvalue weighted by Gasteiger charge is -2.00. The van der Waals surface area contributed by atoms with E-state index in [9.17, 15) is 4.79 Å². The molecule has 2 aromatic rings. The number of thiazole rings is 1. The molecule has 4 heteroatoms. The van der Waals surface area contributed by atoms with Crippen LogP contribution < -0.4 is 5.73 Å². The first-order chi connectivity index (χ1) is 7.11. The minimum atomic E-state index is 0.159. The monoisotopic (exact) mass is 220 g/mol. The van der Waals surface area contributed by atoms with E-state index in [4.69, 9.17) is 5.73 Å². The van der Waals surface area contributed by atoms with E-state index in [-0.39, 0.29) is 5.78 Å². The van der Waals surface area contributed by atoms with E-state index in [1.807, 2.05) is 26.0 Å². The van der Waals surface area contributed by atoms with E-state index >= 15 is 0 Å². The van der Waals surface area contributed by atoms with Crippen molar-refractivity contribution in [2.24, 2.45) is 0 Å². The molecule has 1 heterocycles. The maximum atomic E-state index is 11.6. The summed E-state index contributed by atoms with van der Waals surface area (Å²) in [5.74, 6) is 0.159. The normalized spacial score (nSPS) is 10.8. The largest absolute Gasteiger partial charge is 0.375 e. The summed E-state index contributed by atoms with van der Waals surface area (Å²) in [6, 6.07) is 3.76. The summed E-state index contributed by atoms with van der Waals surface area (Å²) >= 11 is 1.42. The summed E-state index contributed by atoms with van der Waals surface area (Å²) in [6.07, 6.45) is 0.527. The molecule has 0 radical (unpaired) electrons. The molecule has 0 aliphatic heterocycles. The lowest BCUT2D eigenvalue weighted by atomic mass is 10.1.